The molecular weight excluding hydrogens is 368 g/mol. The molecule has 0 aliphatic heterocycles. The fraction of sp³-hybridized carbons (Fsp3) is 0.143. The Morgan fingerprint density at radius 3 is 2.25 bits per heavy atom. The molecule has 0 heterocycles. The average Bonchev–Trinajstić information content (AvgIpc) is 2.02. The van der Waals surface area contributed by atoms with Crippen LogP contribution in [0.3, 0.4) is 0 Å². The third-order valence-electron chi connectivity index (χ3n) is 1.23. The summed E-state index contributed by atoms with van der Waals surface area (Å²) in [6, 6.07) is 10.1. The van der Waals surface area contributed by atoms with Crippen molar-refractivity contribution in [3.8, 4) is 0 Å². The molecule has 2 radical (unpaired) electrons. The zero-order chi connectivity index (χ0) is 9.03. The van der Waals surface area contributed by atoms with Crippen LogP contribution in [0.15, 0.2) is 30.3 Å². The van der Waals surface area contributed by atoms with E-state index >= 15 is 0 Å². The molecule has 0 bridgehead atoms. The van der Waals surface area contributed by atoms with Crippen molar-refractivity contribution in [3.05, 3.63) is 35.9 Å². The Morgan fingerprint density at radius 2 is 1.75 bits per heavy atom. The summed E-state index contributed by atoms with van der Waals surface area (Å²) in [7, 11) is 0. The monoisotopic (exact) mass is 378 g/mol. The van der Waals surface area contributed by atoms with Crippen LogP contribution in [0.1, 0.15) is 5.56 Å². The van der Waals surface area contributed by atoms with Gasteiger partial charge in [-0.25, -0.2) is 0 Å². The first-order valence-corrected chi connectivity index (χ1v) is 11.6. The van der Waals surface area contributed by atoms with Crippen LogP contribution >= 0.6 is 3.11 Å². The van der Waals surface area contributed by atoms with Gasteiger partial charge >= 0.3 is 96.4 Å². The molecule has 0 fully saturated rings. The summed E-state index contributed by atoms with van der Waals surface area (Å²) in [5.74, 6) is 0. The summed E-state index contributed by atoms with van der Waals surface area (Å²) in [4.78, 5) is 0. The van der Waals surface area contributed by atoms with Crippen LogP contribution < -0.4 is 0 Å². The van der Waals surface area contributed by atoms with Crippen LogP contribution in [0.5, 0.6) is 0 Å². The molecule has 0 spiro atoms. The van der Waals surface area contributed by atoms with E-state index in [9.17, 15) is 0 Å². The molecule has 0 aliphatic carbocycles. The molecule has 0 unspecified atom stereocenters. The van der Waals surface area contributed by atoms with E-state index < -0.39 is 3.11 Å². The Kier molecular flexibility index (Phi) is 4.83. The molecule has 64 valence electrons. The predicted octanol–water partition coefficient (Wildman–Crippen LogP) is 1.39. The van der Waals surface area contributed by atoms with E-state index in [-0.39, 0.29) is 0 Å². The van der Waals surface area contributed by atoms with Crippen molar-refractivity contribution in [3.63, 3.8) is 0 Å². The van der Waals surface area contributed by atoms with Gasteiger partial charge in [0.15, 0.2) is 0 Å². The minimum atomic E-state index is -1.46. The van der Waals surface area contributed by atoms with Crippen molar-refractivity contribution >= 4 is 49.4 Å². The van der Waals surface area contributed by atoms with E-state index in [1.165, 1.54) is 5.56 Å². The van der Waals surface area contributed by atoms with Gasteiger partial charge in [0.1, 0.15) is 0 Å². The van der Waals surface area contributed by atoms with Crippen LogP contribution in [0, 0.1) is 0 Å². The molecule has 0 atom stereocenters. The van der Waals surface area contributed by atoms with Gasteiger partial charge in [0, 0.05) is 0 Å². The minimum absolute atomic E-state index is 0.654. The van der Waals surface area contributed by atoms with Crippen LogP contribution in [-0.2, 0) is 11.1 Å². The van der Waals surface area contributed by atoms with Gasteiger partial charge in [-0.15, -0.1) is 0 Å². The average molecular weight is 375 g/mol. The SMILES string of the molecule is [Se]P([Se])(=[Se])OCc1ccccc1. The first-order valence-electron chi connectivity index (χ1n) is 3.28. The maximum absolute atomic E-state index is 5.56. The van der Waals surface area contributed by atoms with Crippen molar-refractivity contribution in [2.75, 3.05) is 0 Å². The Hall–Kier alpha value is 1.17. The zero-order valence-electron chi connectivity index (χ0n) is 6.17. The quantitative estimate of drug-likeness (QED) is 0.574. The predicted molar refractivity (Wildman–Crippen MR) is 55.4 cm³/mol. The number of benzene rings is 1. The van der Waals surface area contributed by atoms with E-state index in [0.29, 0.717) is 6.61 Å². The molecule has 12 heavy (non-hydrogen) atoms. The van der Waals surface area contributed by atoms with Crippen LogP contribution in [0.4, 0.5) is 0 Å². The second-order valence-electron chi connectivity index (χ2n) is 2.21. The number of rotatable bonds is 3. The Bertz CT molecular complexity index is 282. The van der Waals surface area contributed by atoms with E-state index in [1.54, 1.807) is 0 Å². The Labute approximate surface area is 95.8 Å². The molecular formula is C7H7OPSe3. The van der Waals surface area contributed by atoms with Gasteiger partial charge in [-0.2, -0.15) is 0 Å². The van der Waals surface area contributed by atoms with Gasteiger partial charge in [-0.1, -0.05) is 0 Å². The number of hydrogen-bond acceptors (Lipinski definition) is 1. The summed E-state index contributed by atoms with van der Waals surface area (Å²) in [6.45, 7) is 0.654. The first-order chi connectivity index (χ1) is 5.58. The molecule has 0 saturated carbocycles. The first kappa shape index (κ1) is 11.2. The topological polar surface area (TPSA) is 9.23 Å². The van der Waals surface area contributed by atoms with E-state index in [2.05, 4.69) is 58.4 Å². The number of hydrogen-bond donors (Lipinski definition) is 0. The zero-order valence-corrected chi connectivity index (χ0v) is 12.2. The molecule has 5 heteroatoms. The van der Waals surface area contributed by atoms with Gasteiger partial charge in [0.25, 0.3) is 0 Å². The van der Waals surface area contributed by atoms with Crippen LogP contribution in [0.25, 0.3) is 0 Å². The third-order valence-corrected chi connectivity index (χ3v) is 3.67. The molecule has 0 aliphatic rings. The van der Waals surface area contributed by atoms with E-state index in [0.717, 1.165) is 0 Å². The van der Waals surface area contributed by atoms with Gasteiger partial charge in [0.2, 0.25) is 0 Å². The fourth-order valence-corrected chi connectivity index (χ4v) is 2.03. The standard InChI is InChI=1S/C7H7OPSe3/c10-9(11,12)8-6-7-4-2-1-3-5-7/h1-5H,6H2. The molecule has 0 amide bonds. The molecule has 1 nitrogen and oxygen atoms in total. The van der Waals surface area contributed by atoms with Gasteiger partial charge in [-0.3, -0.25) is 0 Å². The second-order valence-corrected chi connectivity index (χ2v) is 23.6. The molecule has 1 aromatic rings. The normalized spacial score (nSPS) is 11.5. The van der Waals surface area contributed by atoms with Crippen molar-refractivity contribution in [1.29, 1.82) is 0 Å². The molecule has 1 aromatic carbocycles. The summed E-state index contributed by atoms with van der Waals surface area (Å²) in [5.41, 5.74) is 1.20. The van der Waals surface area contributed by atoms with Crippen molar-refractivity contribution in [2.24, 2.45) is 0 Å². The van der Waals surface area contributed by atoms with Crippen LogP contribution in [0.2, 0.25) is 0 Å². The van der Waals surface area contributed by atoms with Gasteiger partial charge in [0.05, 0.1) is 0 Å². The summed E-state index contributed by atoms with van der Waals surface area (Å²) in [5, 5.41) is 0. The van der Waals surface area contributed by atoms with Crippen LogP contribution in [-0.4, -0.2) is 46.2 Å². The Balaban J connectivity index is 2.50. The summed E-state index contributed by atoms with van der Waals surface area (Å²) >= 11 is 8.89. The van der Waals surface area contributed by atoms with Crippen molar-refractivity contribution < 1.29 is 4.52 Å². The molecule has 0 N–H and O–H groups in total. The van der Waals surface area contributed by atoms with E-state index in [4.69, 9.17) is 4.52 Å². The van der Waals surface area contributed by atoms with Crippen molar-refractivity contribution in [1.82, 2.24) is 0 Å². The molecule has 0 aromatic heterocycles. The maximum atomic E-state index is 5.56. The van der Waals surface area contributed by atoms with Gasteiger partial charge < -0.3 is 0 Å². The Morgan fingerprint density at radius 1 is 1.17 bits per heavy atom. The summed E-state index contributed by atoms with van der Waals surface area (Å²) in [6.07, 6.45) is 0. The summed E-state index contributed by atoms with van der Waals surface area (Å²) < 4.78 is 4.10. The second kappa shape index (κ2) is 5.15. The van der Waals surface area contributed by atoms with Gasteiger partial charge in [-0.05, 0) is 0 Å². The molecule has 1 rings (SSSR count). The van der Waals surface area contributed by atoms with E-state index in [1.807, 2.05) is 18.2 Å². The fourth-order valence-electron chi connectivity index (χ4n) is 0.728. The van der Waals surface area contributed by atoms with Crippen molar-refractivity contribution in [2.45, 2.75) is 6.61 Å². The third kappa shape index (κ3) is 5.02. The molecule has 0 saturated heterocycles.